The molecule has 0 fully saturated rings. The third-order valence-corrected chi connectivity index (χ3v) is 4.04. The number of hydrogen-bond acceptors (Lipinski definition) is 2. The molecule has 2 aromatic rings. The lowest BCUT2D eigenvalue weighted by Gasteiger charge is -2.18. The lowest BCUT2D eigenvalue weighted by atomic mass is 10.1. The van der Waals surface area contributed by atoms with Crippen molar-refractivity contribution in [3.8, 4) is 6.07 Å². The first kappa shape index (κ1) is 15.0. The maximum atomic E-state index is 13.8. The van der Waals surface area contributed by atoms with Crippen molar-refractivity contribution in [3.05, 3.63) is 62.3 Å². The largest absolute Gasteiger partial charge is 0.377 e. The van der Waals surface area contributed by atoms with Crippen LogP contribution in [-0.4, -0.2) is 0 Å². The molecule has 2 aromatic carbocycles. The second kappa shape index (κ2) is 6.38. The monoisotopic (exact) mass is 396 g/mol. The lowest BCUT2D eigenvalue weighted by Crippen LogP contribution is -2.09. The Kier molecular flexibility index (Phi) is 4.79. The van der Waals surface area contributed by atoms with Crippen molar-refractivity contribution < 1.29 is 4.39 Å². The van der Waals surface area contributed by atoms with E-state index in [2.05, 4.69) is 43.2 Å². The molecule has 0 amide bonds. The maximum absolute atomic E-state index is 13.8. The lowest BCUT2D eigenvalue weighted by molar-refractivity contribution is 0.600. The molecule has 0 aliphatic rings. The maximum Gasteiger partial charge on any atom is 0.128 e. The summed E-state index contributed by atoms with van der Waals surface area (Å²) < 4.78 is 15.4. The summed E-state index contributed by atoms with van der Waals surface area (Å²) in [7, 11) is 0. The summed E-state index contributed by atoms with van der Waals surface area (Å²) in [5, 5.41) is 12.1. The molecule has 0 radical (unpaired) electrons. The predicted molar refractivity (Wildman–Crippen MR) is 85.0 cm³/mol. The van der Waals surface area contributed by atoms with Crippen LogP contribution in [0.2, 0.25) is 0 Å². The Hall–Kier alpha value is -1.38. The van der Waals surface area contributed by atoms with Gasteiger partial charge >= 0.3 is 0 Å². The van der Waals surface area contributed by atoms with E-state index in [9.17, 15) is 4.39 Å². The van der Waals surface area contributed by atoms with E-state index in [1.165, 1.54) is 6.07 Å². The normalized spacial score (nSPS) is 11.8. The zero-order valence-corrected chi connectivity index (χ0v) is 13.8. The molecular formula is C15H11Br2FN2. The summed E-state index contributed by atoms with van der Waals surface area (Å²) in [4.78, 5) is 0. The van der Waals surface area contributed by atoms with Gasteiger partial charge in [0.15, 0.2) is 0 Å². The fourth-order valence-corrected chi connectivity index (χ4v) is 2.73. The van der Waals surface area contributed by atoms with Crippen LogP contribution in [0.5, 0.6) is 0 Å². The SMILES string of the molecule is CC(Nc1ccc(C#N)cc1Br)c1cc(Br)ccc1F. The van der Waals surface area contributed by atoms with Gasteiger partial charge < -0.3 is 5.32 Å². The Bertz CT molecular complexity index is 680. The molecule has 102 valence electrons. The van der Waals surface area contributed by atoms with Gasteiger partial charge in [-0.2, -0.15) is 5.26 Å². The summed E-state index contributed by atoms with van der Waals surface area (Å²) in [6.07, 6.45) is 0. The number of benzene rings is 2. The molecule has 0 spiro atoms. The van der Waals surface area contributed by atoms with E-state index in [4.69, 9.17) is 5.26 Å². The molecule has 5 heteroatoms. The summed E-state index contributed by atoms with van der Waals surface area (Å²) in [5.41, 5.74) is 1.97. The van der Waals surface area contributed by atoms with Gasteiger partial charge in [0.05, 0.1) is 17.7 Å². The fraction of sp³-hybridized carbons (Fsp3) is 0.133. The average Bonchev–Trinajstić information content (AvgIpc) is 2.43. The highest BCUT2D eigenvalue weighted by Gasteiger charge is 2.12. The first-order valence-corrected chi connectivity index (χ1v) is 7.51. The number of nitrogens with zero attached hydrogens (tertiary/aromatic N) is 1. The molecule has 2 rings (SSSR count). The minimum Gasteiger partial charge on any atom is -0.377 e. The molecule has 1 atom stereocenters. The quantitative estimate of drug-likeness (QED) is 0.752. The van der Waals surface area contributed by atoms with Crippen molar-refractivity contribution in [2.75, 3.05) is 5.32 Å². The number of rotatable bonds is 3. The Labute approximate surface area is 133 Å². The van der Waals surface area contributed by atoms with Gasteiger partial charge in [0.2, 0.25) is 0 Å². The predicted octanol–water partition coefficient (Wildman–Crippen LogP) is 5.40. The number of anilines is 1. The summed E-state index contributed by atoms with van der Waals surface area (Å²) >= 11 is 6.75. The highest BCUT2D eigenvalue weighted by atomic mass is 79.9. The zero-order valence-electron chi connectivity index (χ0n) is 10.6. The Morgan fingerprint density at radius 1 is 1.20 bits per heavy atom. The van der Waals surface area contributed by atoms with Gasteiger partial charge in [0.25, 0.3) is 0 Å². The standard InChI is InChI=1S/C15H11Br2FN2/c1-9(12-7-11(16)3-4-14(12)18)20-15-5-2-10(8-19)6-13(15)17/h2-7,9,20H,1H3. The van der Waals surface area contributed by atoms with Gasteiger partial charge in [-0.15, -0.1) is 0 Å². The Morgan fingerprint density at radius 3 is 2.60 bits per heavy atom. The van der Waals surface area contributed by atoms with Gasteiger partial charge in [-0.25, -0.2) is 4.39 Å². The second-order valence-corrected chi connectivity index (χ2v) is 6.11. The number of nitrogens with one attached hydrogen (secondary N) is 1. The molecule has 0 bridgehead atoms. The molecule has 0 aliphatic carbocycles. The van der Waals surface area contributed by atoms with Crippen LogP contribution in [0.15, 0.2) is 45.3 Å². The molecule has 1 N–H and O–H groups in total. The van der Waals surface area contributed by atoms with E-state index in [1.807, 2.05) is 6.92 Å². The summed E-state index contributed by atoms with van der Waals surface area (Å²) in [6, 6.07) is 12.0. The number of nitriles is 1. The zero-order chi connectivity index (χ0) is 14.7. The van der Waals surface area contributed by atoms with Crippen molar-refractivity contribution in [2.45, 2.75) is 13.0 Å². The summed E-state index contributed by atoms with van der Waals surface area (Å²) in [5.74, 6) is -0.252. The fourth-order valence-electron chi connectivity index (χ4n) is 1.86. The molecule has 0 heterocycles. The number of hydrogen-bond donors (Lipinski definition) is 1. The van der Waals surface area contributed by atoms with Gasteiger partial charge in [-0.05, 0) is 59.3 Å². The smallest absolute Gasteiger partial charge is 0.128 e. The van der Waals surface area contributed by atoms with Crippen LogP contribution in [0.3, 0.4) is 0 Å². The molecular weight excluding hydrogens is 387 g/mol. The van der Waals surface area contributed by atoms with E-state index >= 15 is 0 Å². The van der Waals surface area contributed by atoms with Crippen LogP contribution in [0.1, 0.15) is 24.1 Å². The van der Waals surface area contributed by atoms with E-state index in [-0.39, 0.29) is 11.9 Å². The van der Waals surface area contributed by atoms with Crippen LogP contribution in [0.25, 0.3) is 0 Å². The second-order valence-electron chi connectivity index (χ2n) is 4.34. The van der Waals surface area contributed by atoms with Crippen LogP contribution < -0.4 is 5.32 Å². The first-order valence-electron chi connectivity index (χ1n) is 5.92. The highest BCUT2D eigenvalue weighted by molar-refractivity contribution is 9.10. The average molecular weight is 398 g/mol. The highest BCUT2D eigenvalue weighted by Crippen LogP contribution is 2.29. The molecule has 0 aromatic heterocycles. The minimum atomic E-state index is -0.252. The Morgan fingerprint density at radius 2 is 1.95 bits per heavy atom. The number of halogens is 3. The van der Waals surface area contributed by atoms with Crippen LogP contribution >= 0.6 is 31.9 Å². The van der Waals surface area contributed by atoms with E-state index < -0.39 is 0 Å². The van der Waals surface area contributed by atoms with Crippen molar-refractivity contribution in [1.82, 2.24) is 0 Å². The minimum absolute atomic E-state index is 0.197. The van der Waals surface area contributed by atoms with E-state index in [1.54, 1.807) is 30.3 Å². The van der Waals surface area contributed by atoms with Crippen LogP contribution in [-0.2, 0) is 0 Å². The van der Waals surface area contributed by atoms with Crippen molar-refractivity contribution in [3.63, 3.8) is 0 Å². The molecule has 0 saturated carbocycles. The van der Waals surface area contributed by atoms with Crippen molar-refractivity contribution in [2.24, 2.45) is 0 Å². The third-order valence-electron chi connectivity index (χ3n) is 2.89. The first-order chi connectivity index (χ1) is 9.51. The van der Waals surface area contributed by atoms with E-state index in [0.29, 0.717) is 11.1 Å². The van der Waals surface area contributed by atoms with Crippen molar-refractivity contribution >= 4 is 37.5 Å². The van der Waals surface area contributed by atoms with Crippen molar-refractivity contribution in [1.29, 1.82) is 5.26 Å². The van der Waals surface area contributed by atoms with Crippen LogP contribution in [0.4, 0.5) is 10.1 Å². The van der Waals surface area contributed by atoms with Crippen LogP contribution in [0, 0.1) is 17.1 Å². The van der Waals surface area contributed by atoms with Gasteiger partial charge in [0.1, 0.15) is 5.82 Å². The molecule has 0 saturated heterocycles. The van der Waals surface area contributed by atoms with Gasteiger partial charge in [-0.3, -0.25) is 0 Å². The van der Waals surface area contributed by atoms with E-state index in [0.717, 1.165) is 14.6 Å². The summed E-state index contributed by atoms with van der Waals surface area (Å²) in [6.45, 7) is 1.88. The molecule has 1 unspecified atom stereocenters. The third kappa shape index (κ3) is 3.38. The topological polar surface area (TPSA) is 35.8 Å². The van der Waals surface area contributed by atoms with Gasteiger partial charge in [0, 0.05) is 20.2 Å². The van der Waals surface area contributed by atoms with Gasteiger partial charge in [-0.1, -0.05) is 15.9 Å². The molecule has 2 nitrogen and oxygen atoms in total. The Balaban J connectivity index is 2.26. The molecule has 20 heavy (non-hydrogen) atoms. The molecule has 0 aliphatic heterocycles.